The van der Waals surface area contributed by atoms with Crippen LogP contribution in [0.1, 0.15) is 11.5 Å². The number of sulfone groups is 1. The molecule has 2 N–H and O–H groups in total. The number of hydrogen-bond donors (Lipinski definition) is 1. The Bertz CT molecular complexity index is 375. The van der Waals surface area contributed by atoms with Crippen LogP contribution in [0.4, 0.5) is 0 Å². The van der Waals surface area contributed by atoms with Crippen molar-refractivity contribution < 1.29 is 8.42 Å². The minimum Gasteiger partial charge on any atom is -0.330 e. The van der Waals surface area contributed by atoms with E-state index in [4.69, 9.17) is 5.73 Å². The van der Waals surface area contributed by atoms with Gasteiger partial charge in [0.05, 0.1) is 5.75 Å². The SMILES string of the molecule is CS(=O)(=O)CC(CN)c1ccncc1. The van der Waals surface area contributed by atoms with Crippen LogP contribution in [0, 0.1) is 0 Å². The summed E-state index contributed by atoms with van der Waals surface area (Å²) >= 11 is 0. The van der Waals surface area contributed by atoms with Crippen molar-refractivity contribution >= 4 is 9.84 Å². The molecule has 0 saturated carbocycles. The van der Waals surface area contributed by atoms with Crippen LogP contribution in [0.25, 0.3) is 0 Å². The van der Waals surface area contributed by atoms with Gasteiger partial charge in [0.1, 0.15) is 9.84 Å². The van der Waals surface area contributed by atoms with Crippen LogP contribution in [0.15, 0.2) is 24.5 Å². The number of nitrogens with two attached hydrogens (primary N) is 1. The third-order valence-corrected chi connectivity index (χ3v) is 2.97. The van der Waals surface area contributed by atoms with Gasteiger partial charge in [-0.1, -0.05) is 0 Å². The molecule has 0 aliphatic carbocycles. The summed E-state index contributed by atoms with van der Waals surface area (Å²) < 4.78 is 22.2. The molecule has 0 saturated heterocycles. The second kappa shape index (κ2) is 4.52. The van der Waals surface area contributed by atoms with E-state index in [1.54, 1.807) is 24.5 Å². The molecular formula is C9H14N2O2S. The second-order valence-electron chi connectivity index (χ2n) is 3.31. The Labute approximate surface area is 84.1 Å². The average Bonchev–Trinajstić information content (AvgIpc) is 2.14. The average molecular weight is 214 g/mol. The molecule has 1 aromatic heterocycles. The Balaban J connectivity index is 2.84. The van der Waals surface area contributed by atoms with E-state index in [9.17, 15) is 8.42 Å². The Morgan fingerprint density at radius 2 is 2.00 bits per heavy atom. The topological polar surface area (TPSA) is 73.0 Å². The summed E-state index contributed by atoms with van der Waals surface area (Å²) in [7, 11) is -2.98. The number of aromatic nitrogens is 1. The maximum absolute atomic E-state index is 11.1. The summed E-state index contributed by atoms with van der Waals surface area (Å²) in [6.07, 6.45) is 4.50. The van der Waals surface area contributed by atoms with Crippen molar-refractivity contribution in [2.45, 2.75) is 5.92 Å². The predicted molar refractivity (Wildman–Crippen MR) is 55.7 cm³/mol. The summed E-state index contributed by atoms with van der Waals surface area (Å²) in [5.74, 6) is -0.0407. The molecule has 1 rings (SSSR count). The lowest BCUT2D eigenvalue weighted by Gasteiger charge is -2.13. The van der Waals surface area contributed by atoms with Gasteiger partial charge in [0.15, 0.2) is 0 Å². The zero-order chi connectivity index (χ0) is 10.6. The molecule has 78 valence electrons. The number of pyridine rings is 1. The van der Waals surface area contributed by atoms with Crippen molar-refractivity contribution in [1.82, 2.24) is 4.98 Å². The van der Waals surface area contributed by atoms with Crippen LogP contribution in [0.3, 0.4) is 0 Å². The predicted octanol–water partition coefficient (Wildman–Crippen LogP) is 0.168. The van der Waals surface area contributed by atoms with E-state index < -0.39 is 9.84 Å². The van der Waals surface area contributed by atoms with Gasteiger partial charge in [0.2, 0.25) is 0 Å². The number of rotatable bonds is 4. The van der Waals surface area contributed by atoms with E-state index in [2.05, 4.69) is 4.98 Å². The lowest BCUT2D eigenvalue weighted by atomic mass is 10.0. The van der Waals surface area contributed by atoms with Gasteiger partial charge in [-0.25, -0.2) is 8.42 Å². The van der Waals surface area contributed by atoms with Crippen molar-refractivity contribution in [2.24, 2.45) is 5.73 Å². The van der Waals surface area contributed by atoms with Crippen LogP contribution in [-0.2, 0) is 9.84 Å². The van der Waals surface area contributed by atoms with Crippen LogP contribution >= 0.6 is 0 Å². The van der Waals surface area contributed by atoms with Gasteiger partial charge in [0.25, 0.3) is 0 Å². The van der Waals surface area contributed by atoms with Crippen LogP contribution in [0.5, 0.6) is 0 Å². The fourth-order valence-corrected chi connectivity index (χ4v) is 2.36. The molecule has 0 aromatic carbocycles. The maximum Gasteiger partial charge on any atom is 0.148 e. The molecule has 0 aliphatic heterocycles. The van der Waals surface area contributed by atoms with Gasteiger partial charge in [-0.3, -0.25) is 4.98 Å². The molecule has 1 unspecified atom stereocenters. The molecule has 0 amide bonds. The fraction of sp³-hybridized carbons (Fsp3) is 0.444. The summed E-state index contributed by atoms with van der Waals surface area (Å²) in [4.78, 5) is 3.87. The van der Waals surface area contributed by atoms with Crippen LogP contribution < -0.4 is 5.73 Å². The van der Waals surface area contributed by atoms with E-state index in [-0.39, 0.29) is 11.7 Å². The van der Waals surface area contributed by atoms with Crippen LogP contribution in [0.2, 0.25) is 0 Å². The molecule has 0 aliphatic rings. The number of nitrogens with zero attached hydrogens (tertiary/aromatic N) is 1. The largest absolute Gasteiger partial charge is 0.330 e. The van der Waals surface area contributed by atoms with Crippen molar-refractivity contribution in [3.63, 3.8) is 0 Å². The van der Waals surface area contributed by atoms with Crippen molar-refractivity contribution in [1.29, 1.82) is 0 Å². The van der Waals surface area contributed by atoms with Gasteiger partial charge >= 0.3 is 0 Å². The lowest BCUT2D eigenvalue weighted by molar-refractivity contribution is 0.593. The number of hydrogen-bond acceptors (Lipinski definition) is 4. The molecule has 1 atom stereocenters. The first-order chi connectivity index (χ1) is 6.53. The molecule has 14 heavy (non-hydrogen) atoms. The van der Waals surface area contributed by atoms with Crippen LogP contribution in [-0.4, -0.2) is 32.0 Å². The van der Waals surface area contributed by atoms with E-state index in [0.29, 0.717) is 6.54 Å². The monoisotopic (exact) mass is 214 g/mol. The summed E-state index contributed by atoms with van der Waals surface area (Å²) in [5.41, 5.74) is 6.45. The first-order valence-electron chi connectivity index (χ1n) is 4.30. The first-order valence-corrected chi connectivity index (χ1v) is 6.36. The molecule has 0 bridgehead atoms. The highest BCUT2D eigenvalue weighted by atomic mass is 32.2. The minimum atomic E-state index is -2.98. The normalized spacial score (nSPS) is 13.9. The fourth-order valence-electron chi connectivity index (χ4n) is 1.30. The van der Waals surface area contributed by atoms with Gasteiger partial charge in [-0.2, -0.15) is 0 Å². The van der Waals surface area contributed by atoms with Crippen molar-refractivity contribution in [2.75, 3.05) is 18.6 Å². The van der Waals surface area contributed by atoms with Crippen molar-refractivity contribution in [3.05, 3.63) is 30.1 Å². The van der Waals surface area contributed by atoms with Gasteiger partial charge in [-0.15, -0.1) is 0 Å². The molecule has 1 heterocycles. The highest BCUT2D eigenvalue weighted by molar-refractivity contribution is 7.90. The molecule has 4 nitrogen and oxygen atoms in total. The maximum atomic E-state index is 11.1. The summed E-state index contributed by atoms with van der Waals surface area (Å²) in [6.45, 7) is 0.330. The Hall–Kier alpha value is -0.940. The van der Waals surface area contributed by atoms with Gasteiger partial charge < -0.3 is 5.73 Å². The third kappa shape index (κ3) is 3.43. The Kier molecular flexibility index (Phi) is 3.60. The van der Waals surface area contributed by atoms with E-state index >= 15 is 0 Å². The molecule has 1 aromatic rings. The smallest absolute Gasteiger partial charge is 0.148 e. The standard InChI is InChI=1S/C9H14N2O2S/c1-14(12,13)7-9(6-10)8-2-4-11-5-3-8/h2-5,9H,6-7,10H2,1H3. The molecular weight excluding hydrogens is 200 g/mol. The Morgan fingerprint density at radius 1 is 1.43 bits per heavy atom. The molecule has 5 heteroatoms. The van der Waals surface area contributed by atoms with E-state index in [0.717, 1.165) is 5.56 Å². The summed E-state index contributed by atoms with van der Waals surface area (Å²) in [5, 5.41) is 0. The third-order valence-electron chi connectivity index (χ3n) is 1.97. The van der Waals surface area contributed by atoms with E-state index in [1.165, 1.54) is 6.26 Å². The molecule has 0 radical (unpaired) electrons. The molecule has 0 spiro atoms. The highest BCUT2D eigenvalue weighted by Crippen LogP contribution is 2.14. The molecule has 0 fully saturated rings. The van der Waals surface area contributed by atoms with Gasteiger partial charge in [0, 0.05) is 31.1 Å². The first kappa shape index (κ1) is 11.1. The van der Waals surface area contributed by atoms with Crippen molar-refractivity contribution in [3.8, 4) is 0 Å². The van der Waals surface area contributed by atoms with Gasteiger partial charge in [-0.05, 0) is 17.7 Å². The second-order valence-corrected chi connectivity index (χ2v) is 5.49. The quantitative estimate of drug-likeness (QED) is 0.775. The summed E-state index contributed by atoms with van der Waals surface area (Å²) in [6, 6.07) is 3.59. The lowest BCUT2D eigenvalue weighted by Crippen LogP contribution is -2.21. The minimum absolute atomic E-state index is 0.0908. The van der Waals surface area contributed by atoms with E-state index in [1.807, 2.05) is 0 Å². The Morgan fingerprint density at radius 3 is 2.43 bits per heavy atom. The zero-order valence-electron chi connectivity index (χ0n) is 8.05. The zero-order valence-corrected chi connectivity index (χ0v) is 8.87. The highest BCUT2D eigenvalue weighted by Gasteiger charge is 2.15.